The molecule has 5 heteroatoms. The number of amides is 1. The highest BCUT2D eigenvalue weighted by molar-refractivity contribution is 8.00. The van der Waals surface area contributed by atoms with Crippen molar-refractivity contribution in [2.45, 2.75) is 36.0 Å². The number of rotatable bonds is 5. The minimum absolute atomic E-state index is 0.191. The van der Waals surface area contributed by atoms with Gasteiger partial charge in [0.1, 0.15) is 0 Å². The third kappa shape index (κ3) is 4.58. The summed E-state index contributed by atoms with van der Waals surface area (Å²) in [5, 5.41) is 0.892. The number of hydrogen-bond acceptors (Lipinski definition) is 3. The lowest BCUT2D eigenvalue weighted by Crippen LogP contribution is -2.50. The zero-order chi connectivity index (χ0) is 13.1. The van der Waals surface area contributed by atoms with E-state index < -0.39 is 11.4 Å². The van der Waals surface area contributed by atoms with E-state index in [1.807, 2.05) is 31.2 Å². The van der Waals surface area contributed by atoms with Gasteiger partial charge in [-0.05, 0) is 31.5 Å². The predicted octanol–water partition coefficient (Wildman–Crippen LogP) is 2.41. The number of benzene rings is 1. The van der Waals surface area contributed by atoms with Crippen LogP contribution in [-0.2, 0) is 4.79 Å². The Morgan fingerprint density at radius 3 is 2.76 bits per heavy atom. The number of halogens is 1. The van der Waals surface area contributed by atoms with Gasteiger partial charge in [-0.15, -0.1) is 11.8 Å². The van der Waals surface area contributed by atoms with E-state index in [4.69, 9.17) is 23.1 Å². The zero-order valence-corrected chi connectivity index (χ0v) is 11.5. The van der Waals surface area contributed by atoms with Gasteiger partial charge in [0.25, 0.3) is 0 Å². The van der Waals surface area contributed by atoms with Crippen LogP contribution in [0.15, 0.2) is 29.2 Å². The van der Waals surface area contributed by atoms with Gasteiger partial charge in [-0.1, -0.05) is 24.6 Å². The lowest BCUT2D eigenvalue weighted by Gasteiger charge is -2.24. The van der Waals surface area contributed by atoms with Gasteiger partial charge in [-0.3, -0.25) is 4.79 Å². The van der Waals surface area contributed by atoms with Crippen molar-refractivity contribution in [1.82, 2.24) is 0 Å². The summed E-state index contributed by atoms with van der Waals surface area (Å²) in [6.07, 6.45) is 0.527. The molecule has 0 heterocycles. The molecule has 4 N–H and O–H groups in total. The van der Waals surface area contributed by atoms with Gasteiger partial charge in [0, 0.05) is 15.2 Å². The number of hydrogen-bond donors (Lipinski definition) is 2. The van der Waals surface area contributed by atoms with E-state index in [-0.39, 0.29) is 5.25 Å². The number of primary amides is 1. The van der Waals surface area contributed by atoms with Gasteiger partial charge < -0.3 is 11.5 Å². The maximum Gasteiger partial charge on any atom is 0.237 e. The van der Waals surface area contributed by atoms with Crippen LogP contribution >= 0.6 is 23.4 Å². The van der Waals surface area contributed by atoms with Gasteiger partial charge in [0.15, 0.2) is 0 Å². The summed E-state index contributed by atoms with van der Waals surface area (Å²) in [5.41, 5.74) is 10.1. The van der Waals surface area contributed by atoms with Crippen LogP contribution in [0.4, 0.5) is 0 Å². The highest BCUT2D eigenvalue weighted by Crippen LogP contribution is 2.29. The second kappa shape index (κ2) is 5.76. The molecule has 0 aliphatic heterocycles. The molecule has 0 aliphatic carbocycles. The Hall–Kier alpha value is -0.710. The van der Waals surface area contributed by atoms with Crippen molar-refractivity contribution in [2.24, 2.45) is 11.5 Å². The lowest BCUT2D eigenvalue weighted by atomic mass is 9.97. The number of carbonyl (C=O) groups is 1. The van der Waals surface area contributed by atoms with E-state index in [1.165, 1.54) is 0 Å². The van der Waals surface area contributed by atoms with Crippen LogP contribution in [0.1, 0.15) is 20.3 Å². The average Bonchev–Trinajstić information content (AvgIpc) is 2.15. The fourth-order valence-corrected chi connectivity index (χ4v) is 3.01. The second-order valence-corrected chi connectivity index (χ2v) is 6.32. The van der Waals surface area contributed by atoms with Gasteiger partial charge in [-0.25, -0.2) is 0 Å². The fourth-order valence-electron chi connectivity index (χ4n) is 1.51. The minimum atomic E-state index is -0.967. The molecular weight excluding hydrogens is 256 g/mol. The number of nitrogens with two attached hydrogens (primary N) is 2. The molecule has 1 amide bonds. The summed E-state index contributed by atoms with van der Waals surface area (Å²) in [5.74, 6) is -0.476. The Bertz CT molecular complexity index is 409. The maximum atomic E-state index is 11.1. The first kappa shape index (κ1) is 14.4. The van der Waals surface area contributed by atoms with Crippen LogP contribution in [0.2, 0.25) is 5.02 Å². The van der Waals surface area contributed by atoms with Crippen molar-refractivity contribution in [3.05, 3.63) is 29.3 Å². The van der Waals surface area contributed by atoms with E-state index in [9.17, 15) is 4.79 Å². The first-order chi connectivity index (χ1) is 7.81. The highest BCUT2D eigenvalue weighted by Gasteiger charge is 2.28. The number of carbonyl (C=O) groups excluding carboxylic acids is 1. The van der Waals surface area contributed by atoms with Gasteiger partial charge >= 0.3 is 0 Å². The molecule has 2 atom stereocenters. The smallest absolute Gasteiger partial charge is 0.237 e. The van der Waals surface area contributed by atoms with Gasteiger partial charge in [-0.2, -0.15) is 0 Å². The lowest BCUT2D eigenvalue weighted by molar-refractivity contribution is -0.122. The normalized spacial score (nSPS) is 16.2. The van der Waals surface area contributed by atoms with Crippen LogP contribution < -0.4 is 11.5 Å². The predicted molar refractivity (Wildman–Crippen MR) is 73.2 cm³/mol. The SMILES string of the molecule is CC(CC(C)(N)C(N)=O)Sc1cccc(Cl)c1. The quantitative estimate of drug-likeness (QED) is 0.809. The third-order valence-corrected chi connectivity index (χ3v) is 3.74. The average molecular weight is 273 g/mol. The summed E-state index contributed by atoms with van der Waals surface area (Å²) < 4.78 is 0. The van der Waals surface area contributed by atoms with Crippen molar-refractivity contribution in [3.8, 4) is 0 Å². The molecule has 94 valence electrons. The molecule has 0 saturated carbocycles. The molecule has 0 spiro atoms. The summed E-state index contributed by atoms with van der Waals surface area (Å²) in [7, 11) is 0. The molecule has 0 saturated heterocycles. The fraction of sp³-hybridized carbons (Fsp3) is 0.417. The first-order valence-corrected chi connectivity index (χ1v) is 6.58. The summed E-state index contributed by atoms with van der Waals surface area (Å²) in [6.45, 7) is 3.67. The molecule has 0 bridgehead atoms. The van der Waals surface area contributed by atoms with Crippen molar-refractivity contribution in [3.63, 3.8) is 0 Å². The molecule has 1 rings (SSSR count). The van der Waals surface area contributed by atoms with Crippen LogP contribution in [-0.4, -0.2) is 16.7 Å². The van der Waals surface area contributed by atoms with Crippen LogP contribution in [0.3, 0.4) is 0 Å². The Balaban J connectivity index is 2.61. The molecule has 0 fully saturated rings. The van der Waals surface area contributed by atoms with Gasteiger partial charge in [0.2, 0.25) is 5.91 Å². The van der Waals surface area contributed by atoms with Crippen molar-refractivity contribution in [1.29, 1.82) is 0 Å². The van der Waals surface area contributed by atoms with E-state index in [0.717, 1.165) is 4.90 Å². The monoisotopic (exact) mass is 272 g/mol. The van der Waals surface area contributed by atoms with E-state index >= 15 is 0 Å². The summed E-state index contributed by atoms with van der Waals surface area (Å²) >= 11 is 7.53. The highest BCUT2D eigenvalue weighted by atomic mass is 35.5. The Morgan fingerprint density at radius 1 is 1.59 bits per heavy atom. The summed E-state index contributed by atoms with van der Waals surface area (Å²) in [4.78, 5) is 12.2. The Kier molecular flexibility index (Phi) is 4.86. The molecule has 0 radical (unpaired) electrons. The maximum absolute atomic E-state index is 11.1. The Morgan fingerprint density at radius 2 is 2.24 bits per heavy atom. The van der Waals surface area contributed by atoms with Crippen molar-refractivity contribution < 1.29 is 4.79 Å². The second-order valence-electron chi connectivity index (χ2n) is 4.37. The summed E-state index contributed by atoms with van der Waals surface area (Å²) in [6, 6.07) is 7.59. The van der Waals surface area contributed by atoms with E-state index in [0.29, 0.717) is 11.4 Å². The van der Waals surface area contributed by atoms with Crippen LogP contribution in [0.25, 0.3) is 0 Å². The molecule has 1 aromatic carbocycles. The first-order valence-electron chi connectivity index (χ1n) is 5.32. The van der Waals surface area contributed by atoms with Crippen LogP contribution in [0.5, 0.6) is 0 Å². The molecule has 2 unspecified atom stereocenters. The third-order valence-electron chi connectivity index (χ3n) is 2.41. The van der Waals surface area contributed by atoms with Crippen LogP contribution in [0, 0.1) is 0 Å². The van der Waals surface area contributed by atoms with E-state index in [1.54, 1.807) is 18.7 Å². The molecule has 3 nitrogen and oxygen atoms in total. The molecule has 17 heavy (non-hydrogen) atoms. The standard InChI is InChI=1S/C12H17ClN2OS/c1-8(7-12(2,15)11(14)16)17-10-5-3-4-9(13)6-10/h3-6,8H,7,15H2,1-2H3,(H2,14,16). The molecule has 0 aromatic heterocycles. The Labute approximate surface area is 111 Å². The number of thioether (sulfide) groups is 1. The largest absolute Gasteiger partial charge is 0.368 e. The van der Waals surface area contributed by atoms with Crippen molar-refractivity contribution >= 4 is 29.3 Å². The van der Waals surface area contributed by atoms with Crippen molar-refractivity contribution in [2.75, 3.05) is 0 Å². The molecule has 0 aliphatic rings. The van der Waals surface area contributed by atoms with Gasteiger partial charge in [0.05, 0.1) is 5.54 Å². The van der Waals surface area contributed by atoms with E-state index in [2.05, 4.69) is 0 Å². The topological polar surface area (TPSA) is 69.1 Å². The zero-order valence-electron chi connectivity index (χ0n) is 9.94. The molecular formula is C12H17ClN2OS. The minimum Gasteiger partial charge on any atom is -0.368 e. The molecule has 1 aromatic rings.